The summed E-state index contributed by atoms with van der Waals surface area (Å²) in [4.78, 5) is 11.5. The number of carbonyl (C=O) groups is 1. The first-order valence-electron chi connectivity index (χ1n) is 6.90. The Morgan fingerprint density at radius 3 is 2.43 bits per heavy atom. The van der Waals surface area contributed by atoms with Crippen LogP contribution in [-0.4, -0.2) is 34.5 Å². The minimum Gasteiger partial charge on any atom is -0.497 e. The van der Waals surface area contributed by atoms with Crippen molar-refractivity contribution in [2.24, 2.45) is 0 Å². The average Bonchev–Trinajstić information content (AvgIpc) is 2.49. The van der Waals surface area contributed by atoms with E-state index in [2.05, 4.69) is 10.0 Å². The molecule has 0 aliphatic heterocycles. The Balaban J connectivity index is 2.40. The molecule has 21 heavy (non-hydrogen) atoms. The minimum atomic E-state index is -3.56. The summed E-state index contributed by atoms with van der Waals surface area (Å²) >= 11 is 0. The van der Waals surface area contributed by atoms with Gasteiger partial charge in [0.2, 0.25) is 15.9 Å². The Morgan fingerprint density at radius 2 is 1.86 bits per heavy atom. The molecule has 118 valence electrons. The van der Waals surface area contributed by atoms with Crippen molar-refractivity contribution in [1.29, 1.82) is 0 Å². The summed E-state index contributed by atoms with van der Waals surface area (Å²) in [5.41, 5.74) is 0. The third kappa shape index (κ3) is 6.14. The van der Waals surface area contributed by atoms with Gasteiger partial charge >= 0.3 is 0 Å². The van der Waals surface area contributed by atoms with Gasteiger partial charge in [0.15, 0.2) is 0 Å². The Bertz CT molecular complexity index is 541. The van der Waals surface area contributed by atoms with Gasteiger partial charge in [-0.3, -0.25) is 4.79 Å². The Labute approximate surface area is 125 Å². The molecule has 0 heterocycles. The summed E-state index contributed by atoms with van der Waals surface area (Å²) in [5, 5.41) is 2.67. The van der Waals surface area contributed by atoms with Crippen molar-refractivity contribution < 1.29 is 17.9 Å². The van der Waals surface area contributed by atoms with Gasteiger partial charge < -0.3 is 10.1 Å². The maximum absolute atomic E-state index is 12.0. The number of sulfonamides is 1. The number of unbranched alkanes of at least 4 members (excludes halogenated alkanes) is 1. The summed E-state index contributed by atoms with van der Waals surface area (Å²) in [7, 11) is -2.04. The number of hydrogen-bond acceptors (Lipinski definition) is 4. The third-order valence-electron chi connectivity index (χ3n) is 2.87. The van der Waals surface area contributed by atoms with Crippen LogP contribution in [0.4, 0.5) is 0 Å². The van der Waals surface area contributed by atoms with Crippen molar-refractivity contribution >= 4 is 15.9 Å². The molecule has 0 atom stereocenters. The first kappa shape index (κ1) is 17.5. The van der Waals surface area contributed by atoms with E-state index in [0.29, 0.717) is 12.2 Å². The van der Waals surface area contributed by atoms with Gasteiger partial charge in [-0.15, -0.1) is 0 Å². The molecule has 0 aromatic heterocycles. The van der Waals surface area contributed by atoms with Crippen LogP contribution in [0, 0.1) is 0 Å². The van der Waals surface area contributed by atoms with Crippen LogP contribution in [-0.2, 0) is 14.8 Å². The molecule has 7 heteroatoms. The van der Waals surface area contributed by atoms with Gasteiger partial charge in [-0.2, -0.15) is 0 Å². The van der Waals surface area contributed by atoms with Crippen molar-refractivity contribution in [3.8, 4) is 5.75 Å². The molecular formula is C14H22N2O4S. The first-order valence-corrected chi connectivity index (χ1v) is 8.38. The highest BCUT2D eigenvalue weighted by Gasteiger charge is 2.13. The lowest BCUT2D eigenvalue weighted by Gasteiger charge is -2.08. The zero-order valence-electron chi connectivity index (χ0n) is 12.4. The summed E-state index contributed by atoms with van der Waals surface area (Å²) in [6.45, 7) is 2.44. The number of hydrogen-bond donors (Lipinski definition) is 2. The van der Waals surface area contributed by atoms with Crippen LogP contribution in [0.5, 0.6) is 5.75 Å². The van der Waals surface area contributed by atoms with Gasteiger partial charge in [0.1, 0.15) is 5.75 Å². The van der Waals surface area contributed by atoms with E-state index in [9.17, 15) is 13.2 Å². The maximum Gasteiger partial charge on any atom is 0.240 e. The predicted octanol–water partition coefficient (Wildman–Crippen LogP) is 1.28. The molecule has 0 bridgehead atoms. The van der Waals surface area contributed by atoms with E-state index in [1.807, 2.05) is 6.92 Å². The van der Waals surface area contributed by atoms with Crippen LogP contribution < -0.4 is 14.8 Å². The fraction of sp³-hybridized carbons (Fsp3) is 0.500. The molecule has 0 radical (unpaired) electrons. The second-order valence-electron chi connectivity index (χ2n) is 4.53. The number of rotatable bonds is 9. The van der Waals surface area contributed by atoms with Crippen molar-refractivity contribution in [3.63, 3.8) is 0 Å². The van der Waals surface area contributed by atoms with Crippen molar-refractivity contribution in [3.05, 3.63) is 24.3 Å². The molecule has 0 saturated carbocycles. The van der Waals surface area contributed by atoms with Crippen LogP contribution in [0.15, 0.2) is 29.2 Å². The number of benzene rings is 1. The molecular weight excluding hydrogens is 292 g/mol. The maximum atomic E-state index is 12.0. The van der Waals surface area contributed by atoms with Crippen LogP contribution in [0.1, 0.15) is 26.2 Å². The Morgan fingerprint density at radius 1 is 1.19 bits per heavy atom. The summed E-state index contributed by atoms with van der Waals surface area (Å²) in [6, 6.07) is 6.12. The molecule has 0 spiro atoms. The van der Waals surface area contributed by atoms with Crippen LogP contribution in [0.25, 0.3) is 0 Å². The Hall–Kier alpha value is -1.60. The first-order chi connectivity index (χ1) is 9.99. The average molecular weight is 314 g/mol. The van der Waals surface area contributed by atoms with E-state index in [-0.39, 0.29) is 23.9 Å². The minimum absolute atomic E-state index is 0.0551. The molecule has 1 amide bonds. The predicted molar refractivity (Wildman–Crippen MR) is 80.7 cm³/mol. The lowest BCUT2D eigenvalue weighted by molar-refractivity contribution is -0.121. The molecule has 1 aromatic rings. The standard InChI is InChI=1S/C14H22N2O4S/c1-3-4-5-14(17)15-10-11-16-21(18,19)13-8-6-12(20-2)7-9-13/h6-9,16H,3-5,10-11H2,1-2H3,(H,15,17). The lowest BCUT2D eigenvalue weighted by atomic mass is 10.2. The van der Waals surface area contributed by atoms with Crippen LogP contribution in [0.3, 0.4) is 0 Å². The number of amides is 1. The highest BCUT2D eigenvalue weighted by Crippen LogP contribution is 2.14. The van der Waals surface area contributed by atoms with E-state index >= 15 is 0 Å². The van der Waals surface area contributed by atoms with Gasteiger partial charge in [-0.1, -0.05) is 13.3 Å². The molecule has 2 N–H and O–H groups in total. The number of ether oxygens (including phenoxy) is 1. The number of nitrogens with one attached hydrogen (secondary N) is 2. The lowest BCUT2D eigenvalue weighted by Crippen LogP contribution is -2.34. The molecule has 0 saturated heterocycles. The smallest absolute Gasteiger partial charge is 0.240 e. The summed E-state index contributed by atoms with van der Waals surface area (Å²) < 4.78 is 31.4. The van der Waals surface area contributed by atoms with E-state index in [1.165, 1.54) is 19.2 Å². The molecule has 0 unspecified atom stereocenters. The quantitative estimate of drug-likeness (QED) is 0.673. The van der Waals surface area contributed by atoms with Gasteiger partial charge in [0, 0.05) is 19.5 Å². The van der Waals surface area contributed by atoms with Gasteiger partial charge in [0.25, 0.3) is 0 Å². The zero-order chi connectivity index (χ0) is 15.7. The van der Waals surface area contributed by atoms with Gasteiger partial charge in [-0.25, -0.2) is 13.1 Å². The molecule has 6 nitrogen and oxygen atoms in total. The number of carbonyl (C=O) groups excluding carboxylic acids is 1. The highest BCUT2D eigenvalue weighted by molar-refractivity contribution is 7.89. The van der Waals surface area contributed by atoms with Gasteiger partial charge in [-0.05, 0) is 30.7 Å². The zero-order valence-corrected chi connectivity index (χ0v) is 13.2. The fourth-order valence-corrected chi connectivity index (χ4v) is 2.68. The highest BCUT2D eigenvalue weighted by atomic mass is 32.2. The molecule has 0 aliphatic rings. The second kappa shape index (κ2) is 8.63. The number of methoxy groups -OCH3 is 1. The van der Waals surface area contributed by atoms with Crippen molar-refractivity contribution in [1.82, 2.24) is 10.0 Å². The normalized spacial score (nSPS) is 11.1. The molecule has 1 aromatic carbocycles. The largest absolute Gasteiger partial charge is 0.497 e. The Kier molecular flexibility index (Phi) is 7.18. The molecule has 0 aliphatic carbocycles. The molecule has 1 rings (SSSR count). The second-order valence-corrected chi connectivity index (χ2v) is 6.29. The van der Waals surface area contributed by atoms with Crippen molar-refractivity contribution in [2.75, 3.05) is 20.2 Å². The van der Waals surface area contributed by atoms with Crippen LogP contribution in [0.2, 0.25) is 0 Å². The topological polar surface area (TPSA) is 84.5 Å². The summed E-state index contributed by atoms with van der Waals surface area (Å²) in [6.07, 6.45) is 2.27. The van der Waals surface area contributed by atoms with E-state index < -0.39 is 10.0 Å². The van der Waals surface area contributed by atoms with E-state index in [0.717, 1.165) is 12.8 Å². The fourth-order valence-electron chi connectivity index (χ4n) is 1.65. The van der Waals surface area contributed by atoms with Gasteiger partial charge in [0.05, 0.1) is 12.0 Å². The molecule has 0 fully saturated rings. The van der Waals surface area contributed by atoms with Crippen molar-refractivity contribution in [2.45, 2.75) is 31.1 Å². The van der Waals surface area contributed by atoms with E-state index in [1.54, 1.807) is 12.1 Å². The van der Waals surface area contributed by atoms with E-state index in [4.69, 9.17) is 4.74 Å². The monoisotopic (exact) mass is 314 g/mol. The summed E-state index contributed by atoms with van der Waals surface area (Å²) in [5.74, 6) is 0.539. The van der Waals surface area contributed by atoms with Crippen LogP contribution >= 0.6 is 0 Å². The SMILES string of the molecule is CCCCC(=O)NCCNS(=O)(=O)c1ccc(OC)cc1. The third-order valence-corrected chi connectivity index (χ3v) is 4.34.